The van der Waals surface area contributed by atoms with Crippen LogP contribution in [0.15, 0.2) is 24.3 Å². The fraction of sp³-hybridized carbons (Fsp3) is 0.562. The standard InChI is InChI=1S/C32H44Cl4N2O6/c1-2-3-4-12-15-24(44-32(42)38-23-20-27(35)30(40)28(36)21-23)16-13-10-8-6-5-7-9-11-14-17-43-31(41)37-22-18-25(33)29(39)26(34)19-22/h18-21,24,39-40H,2-17H2,1H3,(H,37,41)(H,38,42). The van der Waals surface area contributed by atoms with Crippen LogP contribution in [-0.4, -0.2) is 35.1 Å². The summed E-state index contributed by atoms with van der Waals surface area (Å²) >= 11 is 23.6. The Bertz CT molecular complexity index is 1140. The summed E-state index contributed by atoms with van der Waals surface area (Å²) in [7, 11) is 0. The Morgan fingerprint density at radius 1 is 0.636 bits per heavy atom. The molecule has 12 heteroatoms. The number of unbranched alkanes of at least 4 members (excludes halogenated alkanes) is 11. The van der Waals surface area contributed by atoms with Crippen molar-refractivity contribution in [3.05, 3.63) is 44.4 Å². The lowest BCUT2D eigenvalue weighted by atomic mass is 10.0. The number of amides is 2. The molecule has 0 fully saturated rings. The van der Waals surface area contributed by atoms with Crippen LogP contribution in [0.1, 0.15) is 103 Å². The molecule has 1 atom stereocenters. The number of phenolic OH excluding ortho intramolecular Hbond substituents is 2. The molecule has 0 saturated carbocycles. The van der Waals surface area contributed by atoms with E-state index in [0.29, 0.717) is 18.0 Å². The maximum Gasteiger partial charge on any atom is 0.411 e. The van der Waals surface area contributed by atoms with Gasteiger partial charge in [0.05, 0.1) is 26.7 Å². The third-order valence-electron chi connectivity index (χ3n) is 7.08. The van der Waals surface area contributed by atoms with Crippen LogP contribution >= 0.6 is 46.4 Å². The molecule has 4 N–H and O–H groups in total. The average Bonchev–Trinajstić information content (AvgIpc) is 2.97. The van der Waals surface area contributed by atoms with E-state index in [2.05, 4.69) is 17.6 Å². The summed E-state index contributed by atoms with van der Waals surface area (Å²) in [6, 6.07) is 5.67. The van der Waals surface area contributed by atoms with Crippen molar-refractivity contribution >= 4 is 70.0 Å². The topological polar surface area (TPSA) is 117 Å². The molecule has 0 aliphatic heterocycles. The van der Waals surface area contributed by atoms with Gasteiger partial charge in [-0.15, -0.1) is 0 Å². The fourth-order valence-electron chi connectivity index (χ4n) is 4.67. The van der Waals surface area contributed by atoms with E-state index in [1.807, 2.05) is 0 Å². The molecule has 0 spiro atoms. The normalized spacial score (nSPS) is 11.7. The number of benzene rings is 2. The van der Waals surface area contributed by atoms with E-state index in [1.165, 1.54) is 24.3 Å². The van der Waals surface area contributed by atoms with Crippen LogP contribution in [0.25, 0.3) is 0 Å². The molecule has 246 valence electrons. The average molecular weight is 695 g/mol. The van der Waals surface area contributed by atoms with Gasteiger partial charge in [0.2, 0.25) is 0 Å². The largest absolute Gasteiger partial charge is 0.505 e. The molecule has 0 heterocycles. The van der Waals surface area contributed by atoms with Gasteiger partial charge in [-0.1, -0.05) is 118 Å². The van der Waals surface area contributed by atoms with Crippen LogP contribution in [0, 0.1) is 0 Å². The summed E-state index contributed by atoms with van der Waals surface area (Å²) in [5.41, 5.74) is 0.720. The summed E-state index contributed by atoms with van der Waals surface area (Å²) in [6.45, 7) is 2.49. The third kappa shape index (κ3) is 15.2. The van der Waals surface area contributed by atoms with Crippen molar-refractivity contribution in [3.63, 3.8) is 0 Å². The van der Waals surface area contributed by atoms with Crippen molar-refractivity contribution in [1.82, 2.24) is 0 Å². The number of carbonyl (C=O) groups excluding carboxylic acids is 2. The van der Waals surface area contributed by atoms with Gasteiger partial charge in [-0.25, -0.2) is 9.59 Å². The van der Waals surface area contributed by atoms with Crippen LogP contribution in [0.3, 0.4) is 0 Å². The third-order valence-corrected chi connectivity index (χ3v) is 8.24. The first-order valence-electron chi connectivity index (χ1n) is 15.4. The molecule has 0 aliphatic carbocycles. The summed E-state index contributed by atoms with van der Waals surface area (Å²) in [4.78, 5) is 24.5. The molecule has 2 aromatic carbocycles. The van der Waals surface area contributed by atoms with Crippen molar-refractivity contribution in [3.8, 4) is 11.5 Å². The Morgan fingerprint density at radius 3 is 1.48 bits per heavy atom. The molecule has 2 amide bonds. The quantitative estimate of drug-likeness (QED) is 0.0810. The number of halogens is 4. The minimum atomic E-state index is -0.593. The maximum absolute atomic E-state index is 12.5. The highest BCUT2D eigenvalue weighted by Crippen LogP contribution is 2.35. The van der Waals surface area contributed by atoms with Gasteiger partial charge in [0.15, 0.2) is 11.5 Å². The minimum absolute atomic E-state index is 0.0499. The number of aromatic hydroxyl groups is 2. The second-order valence-corrected chi connectivity index (χ2v) is 12.4. The summed E-state index contributed by atoms with van der Waals surface area (Å²) in [6.07, 6.45) is 14.3. The van der Waals surface area contributed by atoms with Gasteiger partial charge in [-0.05, 0) is 56.4 Å². The van der Waals surface area contributed by atoms with E-state index < -0.39 is 12.2 Å². The smallest absolute Gasteiger partial charge is 0.411 e. The molecule has 0 radical (unpaired) electrons. The number of carbonyl (C=O) groups is 2. The van der Waals surface area contributed by atoms with Gasteiger partial charge in [-0.2, -0.15) is 0 Å². The monoisotopic (exact) mass is 692 g/mol. The highest BCUT2D eigenvalue weighted by atomic mass is 35.5. The van der Waals surface area contributed by atoms with E-state index >= 15 is 0 Å². The molecule has 44 heavy (non-hydrogen) atoms. The molecule has 0 aliphatic rings. The van der Waals surface area contributed by atoms with Crippen LogP contribution in [0.2, 0.25) is 20.1 Å². The molecule has 0 aromatic heterocycles. The zero-order chi connectivity index (χ0) is 32.3. The van der Waals surface area contributed by atoms with Crippen LogP contribution < -0.4 is 10.6 Å². The van der Waals surface area contributed by atoms with Gasteiger partial charge < -0.3 is 19.7 Å². The van der Waals surface area contributed by atoms with E-state index in [1.54, 1.807) is 0 Å². The Kier molecular flexibility index (Phi) is 18.5. The highest BCUT2D eigenvalue weighted by molar-refractivity contribution is 6.38. The zero-order valence-electron chi connectivity index (χ0n) is 25.2. The second kappa shape index (κ2) is 21.5. The lowest BCUT2D eigenvalue weighted by molar-refractivity contribution is 0.0960. The van der Waals surface area contributed by atoms with Crippen LogP contribution in [0.4, 0.5) is 21.0 Å². The number of nitrogens with one attached hydrogen (secondary N) is 2. The Labute approximate surface area is 280 Å². The van der Waals surface area contributed by atoms with E-state index in [4.69, 9.17) is 55.9 Å². The molecule has 2 aromatic rings. The predicted molar refractivity (Wildman–Crippen MR) is 180 cm³/mol. The first-order valence-corrected chi connectivity index (χ1v) is 16.9. The Hall–Kier alpha value is -2.26. The van der Waals surface area contributed by atoms with Gasteiger partial charge in [-0.3, -0.25) is 10.6 Å². The first-order chi connectivity index (χ1) is 21.1. The number of ether oxygens (including phenoxy) is 2. The summed E-state index contributed by atoms with van der Waals surface area (Å²) < 4.78 is 10.9. The maximum atomic E-state index is 12.5. The SMILES string of the molecule is CCCCCCC(CCCCCCCCCCCOC(=O)Nc1cc(Cl)c(O)c(Cl)c1)OC(=O)Nc1cc(Cl)c(O)c(Cl)c1. The lowest BCUT2D eigenvalue weighted by Gasteiger charge is -2.18. The number of hydrogen-bond acceptors (Lipinski definition) is 6. The van der Waals surface area contributed by atoms with Crippen LogP contribution in [-0.2, 0) is 9.47 Å². The zero-order valence-corrected chi connectivity index (χ0v) is 28.3. The van der Waals surface area contributed by atoms with Crippen molar-refractivity contribution in [2.45, 2.75) is 109 Å². The molecule has 8 nitrogen and oxygen atoms in total. The van der Waals surface area contributed by atoms with E-state index in [9.17, 15) is 19.8 Å². The lowest BCUT2D eigenvalue weighted by Crippen LogP contribution is -2.22. The molecule has 2 rings (SSSR count). The van der Waals surface area contributed by atoms with Crippen LogP contribution in [0.5, 0.6) is 11.5 Å². The van der Waals surface area contributed by atoms with Crippen molar-refractivity contribution in [1.29, 1.82) is 0 Å². The van der Waals surface area contributed by atoms with Gasteiger partial charge in [0.1, 0.15) is 6.10 Å². The van der Waals surface area contributed by atoms with Gasteiger partial charge >= 0.3 is 12.2 Å². The van der Waals surface area contributed by atoms with Gasteiger partial charge in [0, 0.05) is 11.4 Å². The highest BCUT2D eigenvalue weighted by Gasteiger charge is 2.16. The number of phenols is 2. The molecular formula is C32H44Cl4N2O6. The minimum Gasteiger partial charge on any atom is -0.505 e. The first kappa shape index (κ1) is 37.9. The number of rotatable bonds is 20. The van der Waals surface area contributed by atoms with Crippen molar-refractivity contribution in [2.24, 2.45) is 0 Å². The second-order valence-electron chi connectivity index (χ2n) is 10.8. The molecule has 1 unspecified atom stereocenters. The van der Waals surface area contributed by atoms with Crippen molar-refractivity contribution < 1.29 is 29.3 Å². The van der Waals surface area contributed by atoms with E-state index in [-0.39, 0.29) is 37.7 Å². The molecule has 0 saturated heterocycles. The molecular weight excluding hydrogens is 650 g/mol. The Balaban J connectivity index is 1.55. The summed E-state index contributed by atoms with van der Waals surface area (Å²) in [5, 5.41) is 24.7. The fourth-order valence-corrected chi connectivity index (χ4v) is 5.64. The summed E-state index contributed by atoms with van der Waals surface area (Å²) in [5.74, 6) is -0.453. The van der Waals surface area contributed by atoms with Gasteiger partial charge in [0.25, 0.3) is 0 Å². The number of hydrogen-bond donors (Lipinski definition) is 4. The Morgan fingerprint density at radius 2 is 1.02 bits per heavy atom. The number of anilines is 2. The van der Waals surface area contributed by atoms with Crippen molar-refractivity contribution in [2.75, 3.05) is 17.2 Å². The molecule has 0 bridgehead atoms. The van der Waals surface area contributed by atoms with E-state index in [0.717, 1.165) is 96.3 Å². The predicted octanol–water partition coefficient (Wildman–Crippen LogP) is 11.7.